The number of nitrogens with one attached hydrogen (secondary N) is 1. The van der Waals surface area contributed by atoms with Gasteiger partial charge in [-0.2, -0.15) is 14.0 Å². The number of nitriles is 1. The summed E-state index contributed by atoms with van der Waals surface area (Å²) in [7, 11) is 1.34. The van der Waals surface area contributed by atoms with Crippen molar-refractivity contribution in [2.75, 3.05) is 12.4 Å². The minimum Gasteiger partial charge on any atom is -0.493 e. The zero-order valence-corrected chi connectivity index (χ0v) is 13.9. The third-order valence-corrected chi connectivity index (χ3v) is 3.36. The minimum atomic E-state index is -3.01. The molecule has 0 aliphatic carbocycles. The lowest BCUT2D eigenvalue weighted by Crippen LogP contribution is -2.08. The summed E-state index contributed by atoms with van der Waals surface area (Å²) in [6.45, 7) is -3.01. The van der Waals surface area contributed by atoms with Crippen LogP contribution in [-0.2, 0) is 11.2 Å². The molecule has 5 nitrogen and oxygen atoms in total. The first kappa shape index (κ1) is 18.9. The number of methoxy groups -OCH3 is 1. The smallest absolute Gasteiger partial charge is 0.387 e. The Kier molecular flexibility index (Phi) is 6.68. The summed E-state index contributed by atoms with van der Waals surface area (Å²) in [5.41, 5.74) is 1.67. The highest BCUT2D eigenvalue weighted by atomic mass is 19.3. The van der Waals surface area contributed by atoms with Gasteiger partial charge in [0.1, 0.15) is 0 Å². The standard InChI is InChI=1S/C19H16F2N2O3/c1-25-16-4-2-3-14(18(16)26-19(20)21)7-10-17(24)23-15-8-5-13(6-9-15)11-12-22/h2-10,19H,11H2,1H3,(H,23,24). The van der Waals surface area contributed by atoms with Gasteiger partial charge in [0.2, 0.25) is 5.91 Å². The van der Waals surface area contributed by atoms with Crippen LogP contribution in [0.1, 0.15) is 11.1 Å². The Morgan fingerprint density at radius 3 is 2.62 bits per heavy atom. The molecule has 0 radical (unpaired) electrons. The lowest BCUT2D eigenvalue weighted by molar-refractivity contribution is -0.111. The van der Waals surface area contributed by atoms with Gasteiger partial charge in [-0.25, -0.2) is 0 Å². The second-order valence-electron chi connectivity index (χ2n) is 5.11. The summed E-state index contributed by atoms with van der Waals surface area (Å²) >= 11 is 0. The maximum atomic E-state index is 12.6. The molecule has 0 atom stereocenters. The van der Waals surface area contributed by atoms with E-state index < -0.39 is 12.5 Å². The molecule has 0 unspecified atom stereocenters. The Morgan fingerprint density at radius 2 is 2.00 bits per heavy atom. The van der Waals surface area contributed by atoms with Crippen molar-refractivity contribution in [3.05, 3.63) is 59.7 Å². The van der Waals surface area contributed by atoms with E-state index in [0.29, 0.717) is 5.69 Å². The lowest BCUT2D eigenvalue weighted by Gasteiger charge is -2.12. The molecule has 0 bridgehead atoms. The molecular formula is C19H16F2N2O3. The molecule has 0 aromatic heterocycles. The highest BCUT2D eigenvalue weighted by Gasteiger charge is 2.14. The molecule has 0 aliphatic heterocycles. The molecule has 1 N–H and O–H groups in total. The number of para-hydroxylation sites is 1. The molecule has 0 aliphatic rings. The van der Waals surface area contributed by atoms with Crippen molar-refractivity contribution >= 4 is 17.7 Å². The summed E-state index contributed by atoms with van der Waals surface area (Å²) in [4.78, 5) is 12.0. The Hall–Kier alpha value is -3.40. The molecule has 134 valence electrons. The number of alkyl halides is 2. The average molecular weight is 358 g/mol. The second kappa shape index (κ2) is 9.18. The quantitative estimate of drug-likeness (QED) is 0.759. The molecule has 0 spiro atoms. The number of halogens is 2. The highest BCUT2D eigenvalue weighted by Crippen LogP contribution is 2.33. The van der Waals surface area contributed by atoms with Crippen LogP contribution in [0.3, 0.4) is 0 Å². The lowest BCUT2D eigenvalue weighted by atomic mass is 10.1. The van der Waals surface area contributed by atoms with Crippen molar-refractivity contribution in [1.29, 1.82) is 5.26 Å². The number of nitrogens with zero attached hydrogens (tertiary/aromatic N) is 1. The van der Waals surface area contributed by atoms with Gasteiger partial charge in [0.15, 0.2) is 11.5 Å². The average Bonchev–Trinajstić information content (AvgIpc) is 2.62. The van der Waals surface area contributed by atoms with E-state index in [9.17, 15) is 13.6 Å². The Bertz CT molecular complexity index is 828. The maximum Gasteiger partial charge on any atom is 0.387 e. The van der Waals surface area contributed by atoms with Crippen molar-refractivity contribution in [2.24, 2.45) is 0 Å². The molecule has 1 amide bonds. The Balaban J connectivity index is 2.11. The second-order valence-corrected chi connectivity index (χ2v) is 5.11. The van der Waals surface area contributed by atoms with E-state index >= 15 is 0 Å². The summed E-state index contributed by atoms with van der Waals surface area (Å²) in [6, 6.07) is 13.5. The van der Waals surface area contributed by atoms with Crippen LogP contribution in [0.15, 0.2) is 48.5 Å². The van der Waals surface area contributed by atoms with Crippen molar-refractivity contribution in [1.82, 2.24) is 0 Å². The minimum absolute atomic E-state index is 0.140. The predicted octanol–water partition coefficient (Wildman–Crippen LogP) is 4.01. The van der Waals surface area contributed by atoms with E-state index in [2.05, 4.69) is 10.1 Å². The van der Waals surface area contributed by atoms with Gasteiger partial charge < -0.3 is 14.8 Å². The fourth-order valence-electron chi connectivity index (χ4n) is 2.19. The number of amides is 1. The van der Waals surface area contributed by atoms with Crippen molar-refractivity contribution < 1.29 is 23.0 Å². The first-order valence-electron chi connectivity index (χ1n) is 7.60. The van der Waals surface area contributed by atoms with Gasteiger partial charge in [-0.15, -0.1) is 0 Å². The van der Waals surface area contributed by atoms with E-state index in [1.807, 2.05) is 6.07 Å². The molecular weight excluding hydrogens is 342 g/mol. The Morgan fingerprint density at radius 1 is 1.27 bits per heavy atom. The zero-order chi connectivity index (χ0) is 18.9. The number of hydrogen-bond acceptors (Lipinski definition) is 4. The number of benzene rings is 2. The monoisotopic (exact) mass is 358 g/mol. The van der Waals surface area contributed by atoms with Crippen LogP contribution in [0.25, 0.3) is 6.08 Å². The van der Waals surface area contributed by atoms with Gasteiger partial charge in [-0.05, 0) is 29.8 Å². The van der Waals surface area contributed by atoms with Gasteiger partial charge in [0.05, 0.1) is 19.6 Å². The van der Waals surface area contributed by atoms with E-state index in [-0.39, 0.29) is 23.5 Å². The SMILES string of the molecule is COc1cccc(C=CC(=O)Nc2ccc(CC#N)cc2)c1OC(F)F. The maximum absolute atomic E-state index is 12.6. The zero-order valence-electron chi connectivity index (χ0n) is 13.9. The largest absolute Gasteiger partial charge is 0.493 e. The molecule has 0 heterocycles. The number of rotatable bonds is 7. The van der Waals surface area contributed by atoms with Gasteiger partial charge >= 0.3 is 6.61 Å². The number of carbonyl (C=O) groups is 1. The van der Waals surface area contributed by atoms with Crippen LogP contribution >= 0.6 is 0 Å². The third kappa shape index (κ3) is 5.31. The van der Waals surface area contributed by atoms with Crippen LogP contribution in [-0.4, -0.2) is 19.6 Å². The predicted molar refractivity (Wildman–Crippen MR) is 93.0 cm³/mol. The fourth-order valence-corrected chi connectivity index (χ4v) is 2.19. The number of ether oxygens (including phenoxy) is 2. The summed E-state index contributed by atoms with van der Waals surface area (Å²) < 4.78 is 34.7. The molecule has 2 aromatic carbocycles. The van der Waals surface area contributed by atoms with E-state index in [1.54, 1.807) is 30.3 Å². The highest BCUT2D eigenvalue weighted by molar-refractivity contribution is 6.02. The Labute approximate surface area is 149 Å². The van der Waals surface area contributed by atoms with Gasteiger partial charge in [-0.1, -0.05) is 24.3 Å². The third-order valence-electron chi connectivity index (χ3n) is 3.36. The van der Waals surface area contributed by atoms with E-state index in [4.69, 9.17) is 10.00 Å². The van der Waals surface area contributed by atoms with Crippen molar-refractivity contribution in [2.45, 2.75) is 13.0 Å². The summed E-state index contributed by atoms with van der Waals surface area (Å²) in [6.07, 6.45) is 2.85. The number of anilines is 1. The fraction of sp³-hybridized carbons (Fsp3) is 0.158. The van der Waals surface area contributed by atoms with Crippen molar-refractivity contribution in [3.63, 3.8) is 0 Å². The first-order valence-corrected chi connectivity index (χ1v) is 7.60. The van der Waals surface area contributed by atoms with Crippen molar-refractivity contribution in [3.8, 4) is 17.6 Å². The number of carbonyl (C=O) groups excluding carboxylic acids is 1. The molecule has 2 aromatic rings. The van der Waals surface area contributed by atoms with E-state index in [0.717, 1.165) is 5.56 Å². The van der Waals surface area contributed by atoms with E-state index in [1.165, 1.54) is 31.4 Å². The van der Waals surface area contributed by atoms with Gasteiger partial charge in [0, 0.05) is 17.3 Å². The molecule has 7 heteroatoms. The summed E-state index contributed by atoms with van der Waals surface area (Å²) in [5.74, 6) is -0.445. The van der Waals surface area contributed by atoms with Crippen LogP contribution in [0.4, 0.5) is 14.5 Å². The molecule has 26 heavy (non-hydrogen) atoms. The topological polar surface area (TPSA) is 71.3 Å². The molecule has 2 rings (SSSR count). The van der Waals surface area contributed by atoms with Gasteiger partial charge in [-0.3, -0.25) is 4.79 Å². The van der Waals surface area contributed by atoms with Crippen LogP contribution in [0.2, 0.25) is 0 Å². The molecule has 0 saturated carbocycles. The summed E-state index contributed by atoms with van der Waals surface area (Å²) in [5, 5.41) is 11.3. The van der Waals surface area contributed by atoms with Gasteiger partial charge in [0.25, 0.3) is 0 Å². The molecule has 0 fully saturated rings. The van der Waals surface area contributed by atoms with Crippen LogP contribution in [0.5, 0.6) is 11.5 Å². The first-order chi connectivity index (χ1) is 12.5. The van der Waals surface area contributed by atoms with Crippen LogP contribution < -0.4 is 14.8 Å². The van der Waals surface area contributed by atoms with Crippen LogP contribution in [0, 0.1) is 11.3 Å². The normalized spacial score (nSPS) is 10.6. The molecule has 0 saturated heterocycles. The number of hydrogen-bond donors (Lipinski definition) is 1.